The van der Waals surface area contributed by atoms with Crippen LogP contribution in [-0.4, -0.2) is 16.3 Å². The topological polar surface area (TPSA) is 37.3 Å². The van der Waals surface area contributed by atoms with Crippen LogP contribution in [-0.2, 0) is 4.79 Å². The summed E-state index contributed by atoms with van der Waals surface area (Å²) in [6, 6.07) is 0. The number of rotatable bonds is 4. The number of carboxylic acid groups (broad SMARTS) is 1. The van der Waals surface area contributed by atoms with Gasteiger partial charge >= 0.3 is 5.97 Å². The van der Waals surface area contributed by atoms with Crippen molar-refractivity contribution in [2.45, 2.75) is 44.8 Å². The number of thioether (sulfide) groups is 1. The molecule has 2 aliphatic rings. The van der Waals surface area contributed by atoms with Gasteiger partial charge in [-0.25, -0.2) is 0 Å². The Morgan fingerprint density at radius 2 is 2.33 bits per heavy atom. The average molecular weight is 226 g/mol. The van der Waals surface area contributed by atoms with Gasteiger partial charge in [-0.3, -0.25) is 4.79 Å². The van der Waals surface area contributed by atoms with Crippen LogP contribution in [0.25, 0.3) is 0 Å². The second-order valence-electron chi connectivity index (χ2n) is 4.97. The standard InChI is InChI=1S/C12H18O2S/c1-8-5-12(7-11(13)14,9(2)15-8)6-10-3-4-10/h5,9-10H,3-4,6-7H2,1-2H3,(H,13,14). The molecule has 0 aromatic carbocycles. The van der Waals surface area contributed by atoms with E-state index >= 15 is 0 Å². The molecule has 2 unspecified atom stereocenters. The summed E-state index contributed by atoms with van der Waals surface area (Å²) in [5.74, 6) is 0.128. The summed E-state index contributed by atoms with van der Waals surface area (Å²) < 4.78 is 0. The van der Waals surface area contributed by atoms with Crippen molar-refractivity contribution in [3.63, 3.8) is 0 Å². The van der Waals surface area contributed by atoms with Crippen LogP contribution < -0.4 is 0 Å². The summed E-state index contributed by atoms with van der Waals surface area (Å²) in [7, 11) is 0. The second kappa shape index (κ2) is 3.85. The zero-order valence-electron chi connectivity index (χ0n) is 9.32. The van der Waals surface area contributed by atoms with Crippen LogP contribution in [0.3, 0.4) is 0 Å². The monoisotopic (exact) mass is 226 g/mol. The van der Waals surface area contributed by atoms with Crippen LogP contribution >= 0.6 is 11.8 Å². The van der Waals surface area contributed by atoms with Crippen molar-refractivity contribution in [3.8, 4) is 0 Å². The van der Waals surface area contributed by atoms with Gasteiger partial charge in [0.15, 0.2) is 0 Å². The zero-order chi connectivity index (χ0) is 11.1. The molecule has 0 aromatic rings. The van der Waals surface area contributed by atoms with Crippen molar-refractivity contribution in [3.05, 3.63) is 11.0 Å². The Hall–Kier alpha value is -0.440. The predicted octanol–water partition coefficient (Wildman–Crippen LogP) is 3.29. The van der Waals surface area contributed by atoms with Gasteiger partial charge in [0.1, 0.15) is 0 Å². The minimum atomic E-state index is -0.658. The Morgan fingerprint density at radius 3 is 2.73 bits per heavy atom. The van der Waals surface area contributed by atoms with Gasteiger partial charge in [-0.15, -0.1) is 11.8 Å². The molecule has 0 saturated heterocycles. The van der Waals surface area contributed by atoms with E-state index in [9.17, 15) is 4.79 Å². The molecule has 2 rings (SSSR count). The van der Waals surface area contributed by atoms with Gasteiger partial charge in [-0.05, 0) is 24.2 Å². The first-order chi connectivity index (χ1) is 7.02. The molecule has 15 heavy (non-hydrogen) atoms. The molecule has 0 aromatic heterocycles. The maximum absolute atomic E-state index is 11.0. The van der Waals surface area contributed by atoms with E-state index in [-0.39, 0.29) is 5.41 Å². The van der Waals surface area contributed by atoms with E-state index in [1.807, 2.05) is 11.8 Å². The summed E-state index contributed by atoms with van der Waals surface area (Å²) in [5.41, 5.74) is -0.0677. The minimum absolute atomic E-state index is 0.0677. The van der Waals surface area contributed by atoms with Crippen molar-refractivity contribution < 1.29 is 9.90 Å². The van der Waals surface area contributed by atoms with Gasteiger partial charge in [0.25, 0.3) is 0 Å². The quantitative estimate of drug-likeness (QED) is 0.799. The molecule has 1 aliphatic heterocycles. The van der Waals surface area contributed by atoms with E-state index in [1.54, 1.807) is 0 Å². The number of allylic oxidation sites excluding steroid dienone is 2. The maximum Gasteiger partial charge on any atom is 0.304 e. The summed E-state index contributed by atoms with van der Waals surface area (Å²) >= 11 is 1.84. The molecule has 1 aliphatic carbocycles. The minimum Gasteiger partial charge on any atom is -0.481 e. The molecule has 0 spiro atoms. The van der Waals surface area contributed by atoms with Crippen LogP contribution in [0.1, 0.15) is 39.5 Å². The highest BCUT2D eigenvalue weighted by atomic mass is 32.2. The van der Waals surface area contributed by atoms with Crippen LogP contribution in [0.15, 0.2) is 11.0 Å². The number of carbonyl (C=O) groups is 1. The van der Waals surface area contributed by atoms with E-state index in [2.05, 4.69) is 19.9 Å². The van der Waals surface area contributed by atoms with Crippen molar-refractivity contribution in [2.75, 3.05) is 0 Å². The first kappa shape index (κ1) is 11.1. The van der Waals surface area contributed by atoms with Crippen molar-refractivity contribution in [2.24, 2.45) is 11.3 Å². The van der Waals surface area contributed by atoms with Gasteiger partial charge in [-0.1, -0.05) is 25.8 Å². The van der Waals surface area contributed by atoms with Gasteiger partial charge in [-0.2, -0.15) is 0 Å². The third-order valence-corrected chi connectivity index (χ3v) is 4.82. The van der Waals surface area contributed by atoms with Crippen LogP contribution in [0.5, 0.6) is 0 Å². The number of hydrogen-bond donors (Lipinski definition) is 1. The molecular weight excluding hydrogens is 208 g/mol. The molecule has 0 radical (unpaired) electrons. The average Bonchev–Trinajstić information content (AvgIpc) is 2.80. The van der Waals surface area contributed by atoms with Crippen molar-refractivity contribution in [1.82, 2.24) is 0 Å². The fourth-order valence-corrected chi connectivity index (χ4v) is 3.93. The summed E-state index contributed by atoms with van der Waals surface area (Å²) in [5, 5.41) is 9.46. The molecule has 1 heterocycles. The molecule has 2 atom stereocenters. The molecule has 3 heteroatoms. The van der Waals surface area contributed by atoms with Gasteiger partial charge in [0, 0.05) is 10.7 Å². The van der Waals surface area contributed by atoms with E-state index in [4.69, 9.17) is 5.11 Å². The summed E-state index contributed by atoms with van der Waals surface area (Å²) in [4.78, 5) is 12.3. The first-order valence-electron chi connectivity index (χ1n) is 5.60. The van der Waals surface area contributed by atoms with Gasteiger partial charge in [0.05, 0.1) is 6.42 Å². The Bertz CT molecular complexity index is 307. The predicted molar refractivity (Wildman–Crippen MR) is 62.8 cm³/mol. The Labute approximate surface area is 95.1 Å². The summed E-state index contributed by atoms with van der Waals surface area (Å²) in [6.45, 7) is 4.26. The number of hydrogen-bond acceptors (Lipinski definition) is 2. The Kier molecular flexibility index (Phi) is 2.84. The van der Waals surface area contributed by atoms with Gasteiger partial charge < -0.3 is 5.11 Å². The largest absolute Gasteiger partial charge is 0.481 e. The zero-order valence-corrected chi connectivity index (χ0v) is 10.1. The molecule has 84 valence electrons. The van der Waals surface area contributed by atoms with Crippen LogP contribution in [0.2, 0.25) is 0 Å². The first-order valence-corrected chi connectivity index (χ1v) is 6.48. The third-order valence-electron chi connectivity index (χ3n) is 3.51. The molecule has 0 bridgehead atoms. The highest BCUT2D eigenvalue weighted by molar-refractivity contribution is 8.03. The van der Waals surface area contributed by atoms with Crippen molar-refractivity contribution >= 4 is 17.7 Å². The molecule has 2 nitrogen and oxygen atoms in total. The Balaban J connectivity index is 2.16. The highest BCUT2D eigenvalue weighted by Crippen LogP contribution is 2.53. The van der Waals surface area contributed by atoms with E-state index in [1.165, 1.54) is 17.7 Å². The van der Waals surface area contributed by atoms with Crippen LogP contribution in [0.4, 0.5) is 0 Å². The normalized spacial score (nSPS) is 35.3. The van der Waals surface area contributed by atoms with Crippen molar-refractivity contribution in [1.29, 1.82) is 0 Å². The molecule has 1 N–H and O–H groups in total. The Morgan fingerprint density at radius 1 is 1.67 bits per heavy atom. The maximum atomic E-state index is 11.0. The smallest absolute Gasteiger partial charge is 0.304 e. The fraction of sp³-hybridized carbons (Fsp3) is 0.750. The lowest BCUT2D eigenvalue weighted by Gasteiger charge is -2.30. The van der Waals surface area contributed by atoms with E-state index < -0.39 is 5.97 Å². The van der Waals surface area contributed by atoms with E-state index in [0.29, 0.717) is 11.7 Å². The lowest BCUT2D eigenvalue weighted by Crippen LogP contribution is -2.29. The lowest BCUT2D eigenvalue weighted by atomic mass is 9.76. The third kappa shape index (κ3) is 2.39. The molecular formula is C12H18O2S. The number of carboxylic acids is 1. The second-order valence-corrected chi connectivity index (χ2v) is 6.55. The highest BCUT2D eigenvalue weighted by Gasteiger charge is 2.44. The van der Waals surface area contributed by atoms with E-state index in [0.717, 1.165) is 12.3 Å². The van der Waals surface area contributed by atoms with Gasteiger partial charge in [0.2, 0.25) is 0 Å². The molecule has 1 saturated carbocycles. The molecule has 0 amide bonds. The number of aliphatic carboxylic acids is 1. The summed E-state index contributed by atoms with van der Waals surface area (Å²) in [6.07, 6.45) is 6.19. The fourth-order valence-electron chi connectivity index (χ4n) is 2.59. The van der Waals surface area contributed by atoms with Crippen LogP contribution in [0, 0.1) is 11.3 Å². The SMILES string of the molecule is CC1=CC(CC(=O)O)(CC2CC2)C(C)S1. The lowest BCUT2D eigenvalue weighted by molar-refractivity contribution is -0.139. The molecule has 1 fully saturated rings.